The highest BCUT2D eigenvalue weighted by molar-refractivity contribution is 4.93. The lowest BCUT2D eigenvalue weighted by atomic mass is 9.76. The average molecular weight is 194 g/mol. The quantitative estimate of drug-likeness (QED) is 0.678. The predicted molar refractivity (Wildman–Crippen MR) is 53.7 cm³/mol. The van der Waals surface area contributed by atoms with Crippen molar-refractivity contribution in [3.63, 3.8) is 0 Å². The summed E-state index contributed by atoms with van der Waals surface area (Å²) in [4.78, 5) is 2.37. The molecule has 0 aromatic rings. The largest absolute Gasteiger partial charge is 0.379 e. The fourth-order valence-electron chi connectivity index (χ4n) is 2.20. The molecule has 1 heterocycles. The minimum Gasteiger partial charge on any atom is -0.379 e. The summed E-state index contributed by atoms with van der Waals surface area (Å²) in [6, 6.07) is 2.47. The van der Waals surface area contributed by atoms with E-state index in [0.29, 0.717) is 5.92 Å². The van der Waals surface area contributed by atoms with Gasteiger partial charge in [-0.1, -0.05) is 6.42 Å². The van der Waals surface area contributed by atoms with Crippen molar-refractivity contribution in [3.05, 3.63) is 0 Å². The molecule has 0 amide bonds. The Morgan fingerprint density at radius 3 is 2.57 bits per heavy atom. The summed E-state index contributed by atoms with van der Waals surface area (Å²) in [5.41, 5.74) is 0. The highest BCUT2D eigenvalue weighted by Gasteiger charge is 2.28. The van der Waals surface area contributed by atoms with Gasteiger partial charge in [0.15, 0.2) is 0 Å². The fourth-order valence-corrected chi connectivity index (χ4v) is 2.20. The topological polar surface area (TPSA) is 36.3 Å². The predicted octanol–water partition coefficient (Wildman–Crippen LogP) is 1.26. The third-order valence-corrected chi connectivity index (χ3v) is 3.44. The van der Waals surface area contributed by atoms with Crippen molar-refractivity contribution in [1.29, 1.82) is 5.26 Å². The van der Waals surface area contributed by atoms with Crippen LogP contribution in [-0.4, -0.2) is 37.7 Å². The van der Waals surface area contributed by atoms with Crippen molar-refractivity contribution >= 4 is 0 Å². The van der Waals surface area contributed by atoms with E-state index < -0.39 is 0 Å². The molecular formula is C11H18N2O. The van der Waals surface area contributed by atoms with Crippen LogP contribution < -0.4 is 0 Å². The SMILES string of the molecule is N#CC(CN1CCOCC1)C1CCC1. The highest BCUT2D eigenvalue weighted by atomic mass is 16.5. The molecule has 1 saturated heterocycles. The lowest BCUT2D eigenvalue weighted by molar-refractivity contribution is 0.0269. The smallest absolute Gasteiger partial charge is 0.0672 e. The van der Waals surface area contributed by atoms with Crippen LogP contribution in [0, 0.1) is 23.2 Å². The van der Waals surface area contributed by atoms with Crippen LogP contribution in [0.25, 0.3) is 0 Å². The van der Waals surface area contributed by atoms with Crippen molar-refractivity contribution in [1.82, 2.24) is 4.90 Å². The summed E-state index contributed by atoms with van der Waals surface area (Å²) >= 11 is 0. The standard InChI is InChI=1S/C11H18N2O/c12-8-11(10-2-1-3-10)9-13-4-6-14-7-5-13/h10-11H,1-7,9H2. The van der Waals surface area contributed by atoms with Gasteiger partial charge >= 0.3 is 0 Å². The van der Waals surface area contributed by atoms with Crippen molar-refractivity contribution in [3.8, 4) is 6.07 Å². The zero-order valence-electron chi connectivity index (χ0n) is 8.61. The van der Waals surface area contributed by atoms with Gasteiger partial charge in [-0.05, 0) is 18.8 Å². The maximum atomic E-state index is 9.08. The van der Waals surface area contributed by atoms with E-state index in [2.05, 4.69) is 11.0 Å². The van der Waals surface area contributed by atoms with Gasteiger partial charge in [0.05, 0.1) is 25.2 Å². The van der Waals surface area contributed by atoms with E-state index in [1.165, 1.54) is 19.3 Å². The van der Waals surface area contributed by atoms with E-state index >= 15 is 0 Å². The molecule has 1 saturated carbocycles. The van der Waals surface area contributed by atoms with Crippen molar-refractivity contribution in [2.45, 2.75) is 19.3 Å². The minimum atomic E-state index is 0.266. The number of morpholine rings is 1. The molecule has 3 nitrogen and oxygen atoms in total. The molecule has 78 valence electrons. The van der Waals surface area contributed by atoms with Gasteiger partial charge in [-0.3, -0.25) is 4.90 Å². The number of ether oxygens (including phenoxy) is 1. The van der Waals surface area contributed by atoms with E-state index in [4.69, 9.17) is 10.00 Å². The summed E-state index contributed by atoms with van der Waals surface area (Å²) in [5, 5.41) is 9.08. The Hall–Kier alpha value is -0.590. The molecule has 0 spiro atoms. The Bertz CT molecular complexity index is 214. The normalized spacial score (nSPS) is 26.5. The molecule has 1 aliphatic carbocycles. The van der Waals surface area contributed by atoms with E-state index in [0.717, 1.165) is 32.8 Å². The molecule has 0 N–H and O–H groups in total. The first-order valence-electron chi connectivity index (χ1n) is 5.60. The first kappa shape index (κ1) is 9.95. The first-order chi connectivity index (χ1) is 6.90. The molecule has 2 fully saturated rings. The molecule has 1 aliphatic heterocycles. The highest BCUT2D eigenvalue weighted by Crippen LogP contribution is 2.33. The van der Waals surface area contributed by atoms with Gasteiger partial charge in [0.2, 0.25) is 0 Å². The van der Waals surface area contributed by atoms with Gasteiger partial charge in [0.25, 0.3) is 0 Å². The maximum Gasteiger partial charge on any atom is 0.0672 e. The Kier molecular flexibility index (Phi) is 3.39. The Morgan fingerprint density at radius 1 is 1.36 bits per heavy atom. The van der Waals surface area contributed by atoms with Crippen LogP contribution in [0.2, 0.25) is 0 Å². The van der Waals surface area contributed by atoms with Gasteiger partial charge in [0, 0.05) is 19.6 Å². The fraction of sp³-hybridized carbons (Fsp3) is 0.909. The van der Waals surface area contributed by atoms with Gasteiger partial charge in [-0.15, -0.1) is 0 Å². The Morgan fingerprint density at radius 2 is 2.07 bits per heavy atom. The summed E-state index contributed by atoms with van der Waals surface area (Å²) in [6.07, 6.45) is 3.86. The zero-order valence-corrected chi connectivity index (χ0v) is 8.61. The number of nitrogens with zero attached hydrogens (tertiary/aromatic N) is 2. The van der Waals surface area contributed by atoms with Crippen LogP contribution in [0.1, 0.15) is 19.3 Å². The molecular weight excluding hydrogens is 176 g/mol. The lowest BCUT2D eigenvalue weighted by Crippen LogP contribution is -2.41. The molecule has 3 heteroatoms. The van der Waals surface area contributed by atoms with Crippen molar-refractivity contribution in [2.75, 3.05) is 32.8 Å². The van der Waals surface area contributed by atoms with Crippen LogP contribution in [-0.2, 0) is 4.74 Å². The van der Waals surface area contributed by atoms with Gasteiger partial charge in [0.1, 0.15) is 0 Å². The molecule has 0 aromatic carbocycles. The van der Waals surface area contributed by atoms with E-state index in [1.54, 1.807) is 0 Å². The average Bonchev–Trinajstić information content (AvgIpc) is 2.15. The molecule has 0 bridgehead atoms. The molecule has 1 unspecified atom stereocenters. The number of nitriles is 1. The van der Waals surface area contributed by atoms with E-state index in [-0.39, 0.29) is 5.92 Å². The molecule has 0 radical (unpaired) electrons. The van der Waals surface area contributed by atoms with Crippen LogP contribution in [0.5, 0.6) is 0 Å². The summed E-state index contributed by atoms with van der Waals surface area (Å²) in [6.45, 7) is 4.64. The van der Waals surface area contributed by atoms with Gasteiger partial charge in [-0.2, -0.15) is 5.26 Å². The van der Waals surface area contributed by atoms with Gasteiger partial charge in [-0.25, -0.2) is 0 Å². The van der Waals surface area contributed by atoms with Crippen LogP contribution in [0.15, 0.2) is 0 Å². The van der Waals surface area contributed by atoms with Crippen LogP contribution in [0.3, 0.4) is 0 Å². The second kappa shape index (κ2) is 4.77. The van der Waals surface area contributed by atoms with Crippen molar-refractivity contribution < 1.29 is 4.74 Å². The number of rotatable bonds is 3. The Balaban J connectivity index is 1.78. The second-order valence-electron chi connectivity index (χ2n) is 4.34. The molecule has 2 aliphatic rings. The molecule has 0 aromatic heterocycles. The third kappa shape index (κ3) is 2.26. The minimum absolute atomic E-state index is 0.266. The van der Waals surface area contributed by atoms with Gasteiger partial charge < -0.3 is 4.74 Å². The zero-order chi connectivity index (χ0) is 9.80. The maximum absolute atomic E-state index is 9.08. The number of hydrogen-bond donors (Lipinski definition) is 0. The molecule has 14 heavy (non-hydrogen) atoms. The van der Waals surface area contributed by atoms with Crippen LogP contribution >= 0.6 is 0 Å². The van der Waals surface area contributed by atoms with E-state index in [9.17, 15) is 0 Å². The van der Waals surface area contributed by atoms with Crippen LogP contribution in [0.4, 0.5) is 0 Å². The summed E-state index contributed by atoms with van der Waals surface area (Å²) < 4.78 is 5.29. The number of hydrogen-bond acceptors (Lipinski definition) is 3. The molecule has 2 rings (SSSR count). The summed E-state index contributed by atoms with van der Waals surface area (Å²) in [7, 11) is 0. The van der Waals surface area contributed by atoms with E-state index in [1.807, 2.05) is 0 Å². The van der Waals surface area contributed by atoms with Crippen molar-refractivity contribution in [2.24, 2.45) is 11.8 Å². The monoisotopic (exact) mass is 194 g/mol. The lowest BCUT2D eigenvalue weighted by Gasteiger charge is -2.34. The molecule has 1 atom stereocenters. The first-order valence-corrected chi connectivity index (χ1v) is 5.60. The summed E-state index contributed by atoms with van der Waals surface area (Å²) in [5.74, 6) is 0.949. The third-order valence-electron chi connectivity index (χ3n) is 3.44. The second-order valence-corrected chi connectivity index (χ2v) is 4.34. The Labute approximate surface area is 85.6 Å².